The van der Waals surface area contributed by atoms with E-state index in [1.807, 2.05) is 45.0 Å². The van der Waals surface area contributed by atoms with E-state index in [1.165, 1.54) is 5.01 Å². The van der Waals surface area contributed by atoms with E-state index >= 15 is 0 Å². The molecule has 0 bridgehead atoms. The number of benzene rings is 1. The van der Waals surface area contributed by atoms with E-state index in [2.05, 4.69) is 9.97 Å². The Bertz CT molecular complexity index is 665. The van der Waals surface area contributed by atoms with Crippen LogP contribution in [-0.2, 0) is 6.54 Å². The number of nitrogens with two attached hydrogens (primary N) is 1. The molecule has 1 heterocycles. The fraction of sp³-hybridized carbons (Fsp3) is 0.357. The van der Waals surface area contributed by atoms with Crippen LogP contribution < -0.4 is 16.5 Å². The average Bonchev–Trinajstić information content (AvgIpc) is 2.46. The van der Waals surface area contributed by atoms with Crippen molar-refractivity contribution in [3.05, 3.63) is 40.3 Å². The van der Waals surface area contributed by atoms with E-state index in [0.29, 0.717) is 18.9 Å². The van der Waals surface area contributed by atoms with Gasteiger partial charge in [-0.3, -0.25) is 9.58 Å². The number of anilines is 1. The van der Waals surface area contributed by atoms with Crippen LogP contribution in [0.2, 0.25) is 0 Å². The summed E-state index contributed by atoms with van der Waals surface area (Å²) in [7, 11) is 0. The van der Waals surface area contributed by atoms with Crippen LogP contribution in [0.15, 0.2) is 29.1 Å². The number of hydrogen-bond donors (Lipinski definition) is 1. The molecular formula is C14H19N5O. The molecule has 0 radical (unpaired) electrons. The molecule has 2 rings (SSSR count). The predicted molar refractivity (Wildman–Crippen MR) is 79.3 cm³/mol. The second kappa shape index (κ2) is 5.83. The molecule has 0 unspecified atom stereocenters. The number of hydrogen-bond acceptors (Lipinski definition) is 5. The van der Waals surface area contributed by atoms with Gasteiger partial charge in [0.25, 0.3) is 0 Å². The van der Waals surface area contributed by atoms with Crippen LogP contribution in [0, 0.1) is 6.92 Å². The van der Waals surface area contributed by atoms with Gasteiger partial charge in [-0.2, -0.15) is 9.97 Å². The zero-order valence-electron chi connectivity index (χ0n) is 12.0. The summed E-state index contributed by atoms with van der Waals surface area (Å²) >= 11 is 0. The normalized spacial score (nSPS) is 10.6. The standard InChI is InChI=1S/C14H19N5O/c1-4-18-12(11-9-7-6-8-10(11)3)16-13(17-14(18)20)19(15)5-2/h6-9H,4-5,15H2,1-3H3. The van der Waals surface area contributed by atoms with Gasteiger partial charge in [0, 0.05) is 18.7 Å². The lowest BCUT2D eigenvalue weighted by Gasteiger charge is -2.17. The third kappa shape index (κ3) is 2.55. The fourth-order valence-corrected chi connectivity index (χ4v) is 2.00. The first-order valence-electron chi connectivity index (χ1n) is 6.65. The molecule has 0 amide bonds. The molecule has 0 aliphatic heterocycles. The average molecular weight is 273 g/mol. The van der Waals surface area contributed by atoms with Crippen LogP contribution in [0.5, 0.6) is 0 Å². The van der Waals surface area contributed by atoms with Crippen LogP contribution >= 0.6 is 0 Å². The van der Waals surface area contributed by atoms with Crippen LogP contribution in [0.1, 0.15) is 19.4 Å². The summed E-state index contributed by atoms with van der Waals surface area (Å²) in [6, 6.07) is 7.81. The molecule has 2 N–H and O–H groups in total. The molecule has 0 atom stereocenters. The van der Waals surface area contributed by atoms with E-state index in [0.717, 1.165) is 11.1 Å². The zero-order chi connectivity index (χ0) is 14.7. The van der Waals surface area contributed by atoms with Gasteiger partial charge in [0.15, 0.2) is 0 Å². The highest BCUT2D eigenvalue weighted by molar-refractivity contribution is 5.61. The maximum Gasteiger partial charge on any atom is 0.352 e. The molecule has 20 heavy (non-hydrogen) atoms. The maximum atomic E-state index is 12.1. The van der Waals surface area contributed by atoms with Gasteiger partial charge in [-0.1, -0.05) is 24.3 Å². The van der Waals surface area contributed by atoms with Gasteiger partial charge in [-0.25, -0.2) is 10.6 Å². The van der Waals surface area contributed by atoms with Crippen molar-refractivity contribution in [2.75, 3.05) is 11.6 Å². The molecule has 1 aromatic carbocycles. The fourth-order valence-electron chi connectivity index (χ4n) is 2.00. The van der Waals surface area contributed by atoms with Crippen molar-refractivity contribution in [2.45, 2.75) is 27.3 Å². The Labute approximate surface area is 117 Å². The van der Waals surface area contributed by atoms with Crippen LogP contribution in [0.25, 0.3) is 11.4 Å². The van der Waals surface area contributed by atoms with Gasteiger partial charge >= 0.3 is 5.69 Å². The lowest BCUT2D eigenvalue weighted by Crippen LogP contribution is -2.36. The molecular weight excluding hydrogens is 254 g/mol. The molecule has 0 saturated heterocycles. The van der Waals surface area contributed by atoms with Crippen molar-refractivity contribution in [1.82, 2.24) is 14.5 Å². The molecule has 2 aromatic rings. The van der Waals surface area contributed by atoms with E-state index in [-0.39, 0.29) is 11.6 Å². The summed E-state index contributed by atoms with van der Waals surface area (Å²) in [4.78, 5) is 20.5. The number of aromatic nitrogens is 3. The third-order valence-electron chi connectivity index (χ3n) is 3.19. The van der Waals surface area contributed by atoms with Crippen molar-refractivity contribution in [3.8, 4) is 11.4 Å². The van der Waals surface area contributed by atoms with Crippen molar-refractivity contribution in [2.24, 2.45) is 5.84 Å². The molecule has 0 saturated carbocycles. The summed E-state index contributed by atoms with van der Waals surface area (Å²) in [5.74, 6) is 6.65. The Kier molecular flexibility index (Phi) is 4.14. The van der Waals surface area contributed by atoms with E-state index in [1.54, 1.807) is 4.57 Å². The highest BCUT2D eigenvalue weighted by Crippen LogP contribution is 2.21. The monoisotopic (exact) mass is 273 g/mol. The number of nitrogens with zero attached hydrogens (tertiary/aromatic N) is 4. The minimum Gasteiger partial charge on any atom is -0.279 e. The molecule has 106 valence electrons. The smallest absolute Gasteiger partial charge is 0.279 e. The second-order valence-corrected chi connectivity index (χ2v) is 4.47. The first-order chi connectivity index (χ1) is 9.58. The Hall–Kier alpha value is -2.21. The highest BCUT2D eigenvalue weighted by Gasteiger charge is 2.14. The first kappa shape index (κ1) is 14.2. The van der Waals surface area contributed by atoms with E-state index in [9.17, 15) is 4.79 Å². The van der Waals surface area contributed by atoms with Gasteiger partial charge in [0.2, 0.25) is 5.95 Å². The molecule has 0 fully saturated rings. The van der Waals surface area contributed by atoms with Crippen molar-refractivity contribution in [1.29, 1.82) is 0 Å². The van der Waals surface area contributed by atoms with Gasteiger partial charge in [-0.05, 0) is 26.3 Å². The zero-order valence-corrected chi connectivity index (χ0v) is 12.0. The summed E-state index contributed by atoms with van der Waals surface area (Å²) in [5, 5.41) is 1.36. The first-order valence-corrected chi connectivity index (χ1v) is 6.65. The molecule has 0 spiro atoms. The molecule has 0 aliphatic carbocycles. The number of rotatable bonds is 4. The van der Waals surface area contributed by atoms with Crippen molar-refractivity contribution >= 4 is 5.95 Å². The van der Waals surface area contributed by atoms with E-state index in [4.69, 9.17) is 5.84 Å². The van der Waals surface area contributed by atoms with Crippen LogP contribution in [0.4, 0.5) is 5.95 Å². The van der Waals surface area contributed by atoms with E-state index < -0.39 is 0 Å². The third-order valence-corrected chi connectivity index (χ3v) is 3.19. The quantitative estimate of drug-likeness (QED) is 0.672. The molecule has 0 aliphatic rings. The Balaban J connectivity index is 2.70. The van der Waals surface area contributed by atoms with Crippen molar-refractivity contribution < 1.29 is 0 Å². The SMILES string of the molecule is CCN(N)c1nc(-c2ccccc2C)n(CC)c(=O)n1. The lowest BCUT2D eigenvalue weighted by molar-refractivity contribution is 0.674. The number of hydrazine groups is 1. The minimum atomic E-state index is -0.334. The number of aryl methyl sites for hydroxylation is 1. The van der Waals surface area contributed by atoms with Gasteiger partial charge < -0.3 is 0 Å². The van der Waals surface area contributed by atoms with Gasteiger partial charge in [0.1, 0.15) is 5.82 Å². The predicted octanol–water partition coefficient (Wildman–Crippen LogP) is 1.33. The molecule has 6 nitrogen and oxygen atoms in total. The summed E-state index contributed by atoms with van der Waals surface area (Å²) in [6.45, 7) is 6.80. The summed E-state index contributed by atoms with van der Waals surface area (Å²) in [5.41, 5.74) is 1.64. The summed E-state index contributed by atoms with van der Waals surface area (Å²) in [6.07, 6.45) is 0. The van der Waals surface area contributed by atoms with Crippen LogP contribution in [0.3, 0.4) is 0 Å². The minimum absolute atomic E-state index is 0.250. The highest BCUT2D eigenvalue weighted by atomic mass is 16.1. The van der Waals surface area contributed by atoms with Gasteiger partial charge in [0.05, 0.1) is 0 Å². The molecule has 1 aromatic heterocycles. The topological polar surface area (TPSA) is 77.0 Å². The lowest BCUT2D eigenvalue weighted by atomic mass is 10.1. The Morgan fingerprint density at radius 3 is 2.55 bits per heavy atom. The second-order valence-electron chi connectivity index (χ2n) is 4.47. The van der Waals surface area contributed by atoms with Gasteiger partial charge in [-0.15, -0.1) is 0 Å². The van der Waals surface area contributed by atoms with Crippen LogP contribution in [-0.4, -0.2) is 21.1 Å². The largest absolute Gasteiger partial charge is 0.352 e. The van der Waals surface area contributed by atoms with Crippen molar-refractivity contribution in [3.63, 3.8) is 0 Å². The Morgan fingerprint density at radius 2 is 1.95 bits per heavy atom. The molecule has 6 heteroatoms. The Morgan fingerprint density at radius 1 is 1.25 bits per heavy atom. The maximum absolute atomic E-state index is 12.1. The summed E-state index contributed by atoms with van der Waals surface area (Å²) < 4.78 is 1.55.